The minimum atomic E-state index is -0.834. The second-order valence-electron chi connectivity index (χ2n) is 4.83. The largest absolute Gasteiger partial charge is 0.272 e. The van der Waals surface area contributed by atoms with Crippen LogP contribution in [-0.4, -0.2) is 14.8 Å². The topological polar surface area (TPSA) is 71.6 Å². The SMILES string of the molecule is Cn1ncc(Cl)c([C@H](C#N)c2ccc3ccccc3n2)c1=O. The number of halogens is 1. The summed E-state index contributed by atoms with van der Waals surface area (Å²) in [6.07, 6.45) is 1.36. The van der Waals surface area contributed by atoms with Crippen molar-refractivity contribution in [3.8, 4) is 6.07 Å². The molecule has 0 N–H and O–H groups in total. The second-order valence-corrected chi connectivity index (χ2v) is 5.23. The Labute approximate surface area is 131 Å². The van der Waals surface area contributed by atoms with Gasteiger partial charge in [0.1, 0.15) is 5.92 Å². The Morgan fingerprint density at radius 3 is 2.82 bits per heavy atom. The van der Waals surface area contributed by atoms with Crippen molar-refractivity contribution in [1.29, 1.82) is 5.26 Å². The Balaban J connectivity index is 2.21. The van der Waals surface area contributed by atoms with Crippen LogP contribution in [0.3, 0.4) is 0 Å². The fourth-order valence-corrected chi connectivity index (χ4v) is 2.55. The minimum Gasteiger partial charge on any atom is -0.267 e. The van der Waals surface area contributed by atoms with E-state index in [1.807, 2.05) is 30.3 Å². The van der Waals surface area contributed by atoms with Gasteiger partial charge in [-0.05, 0) is 12.1 Å². The van der Waals surface area contributed by atoms with Crippen molar-refractivity contribution < 1.29 is 0 Å². The Morgan fingerprint density at radius 1 is 1.27 bits per heavy atom. The number of pyridine rings is 1. The number of hydrogen-bond donors (Lipinski definition) is 0. The van der Waals surface area contributed by atoms with Gasteiger partial charge in [-0.15, -0.1) is 0 Å². The summed E-state index contributed by atoms with van der Waals surface area (Å²) >= 11 is 6.09. The smallest absolute Gasteiger partial charge is 0.267 e. The van der Waals surface area contributed by atoms with E-state index in [-0.39, 0.29) is 10.6 Å². The van der Waals surface area contributed by atoms with Crippen LogP contribution < -0.4 is 5.56 Å². The number of benzene rings is 1. The van der Waals surface area contributed by atoms with Gasteiger partial charge in [-0.2, -0.15) is 10.4 Å². The molecule has 5 nitrogen and oxygen atoms in total. The Hall–Kier alpha value is -2.71. The van der Waals surface area contributed by atoms with Gasteiger partial charge in [0.2, 0.25) is 0 Å². The number of rotatable bonds is 2. The number of para-hydroxylation sites is 1. The van der Waals surface area contributed by atoms with Crippen molar-refractivity contribution in [3.63, 3.8) is 0 Å². The molecule has 108 valence electrons. The molecule has 2 heterocycles. The molecule has 0 radical (unpaired) electrons. The molecule has 1 atom stereocenters. The van der Waals surface area contributed by atoms with Crippen LogP contribution >= 0.6 is 11.6 Å². The average molecular weight is 311 g/mol. The van der Waals surface area contributed by atoms with Crippen LogP contribution in [0.1, 0.15) is 17.2 Å². The summed E-state index contributed by atoms with van der Waals surface area (Å²) in [5.74, 6) is -0.834. The molecule has 0 aliphatic carbocycles. The summed E-state index contributed by atoms with van der Waals surface area (Å²) in [5.41, 5.74) is 1.06. The number of fused-ring (bicyclic) bond motifs is 1. The molecule has 2 aromatic heterocycles. The zero-order chi connectivity index (χ0) is 15.7. The van der Waals surface area contributed by atoms with Crippen LogP contribution in [0.15, 0.2) is 47.4 Å². The van der Waals surface area contributed by atoms with Gasteiger partial charge < -0.3 is 0 Å². The third-order valence-corrected chi connectivity index (χ3v) is 3.76. The molecule has 0 aliphatic heterocycles. The van der Waals surface area contributed by atoms with Gasteiger partial charge in [-0.3, -0.25) is 9.78 Å². The van der Waals surface area contributed by atoms with E-state index in [0.29, 0.717) is 5.69 Å². The summed E-state index contributed by atoms with van der Waals surface area (Å²) in [4.78, 5) is 16.7. The van der Waals surface area contributed by atoms with Crippen molar-refractivity contribution in [1.82, 2.24) is 14.8 Å². The van der Waals surface area contributed by atoms with E-state index < -0.39 is 11.5 Å². The maximum absolute atomic E-state index is 12.3. The highest BCUT2D eigenvalue weighted by atomic mass is 35.5. The molecular formula is C16H11ClN4O. The van der Waals surface area contributed by atoms with E-state index in [2.05, 4.69) is 16.2 Å². The molecule has 0 bridgehead atoms. The lowest BCUT2D eigenvalue weighted by Crippen LogP contribution is -2.26. The quantitative estimate of drug-likeness (QED) is 0.729. The van der Waals surface area contributed by atoms with Gasteiger partial charge in [0.25, 0.3) is 5.56 Å². The Bertz CT molecular complexity index is 958. The first kappa shape index (κ1) is 14.2. The summed E-state index contributed by atoms with van der Waals surface area (Å²) in [6, 6.07) is 13.3. The predicted octanol–water partition coefficient (Wildman–Crippen LogP) is 2.64. The van der Waals surface area contributed by atoms with Gasteiger partial charge in [0.05, 0.1) is 34.1 Å². The normalized spacial score (nSPS) is 12.0. The van der Waals surface area contributed by atoms with Gasteiger partial charge in [0, 0.05) is 12.4 Å². The van der Waals surface area contributed by atoms with E-state index in [4.69, 9.17) is 11.6 Å². The van der Waals surface area contributed by atoms with Crippen molar-refractivity contribution in [2.45, 2.75) is 5.92 Å². The molecule has 0 saturated carbocycles. The third kappa shape index (κ3) is 2.34. The van der Waals surface area contributed by atoms with Crippen LogP contribution in [-0.2, 0) is 7.05 Å². The molecule has 0 fully saturated rings. The number of hydrogen-bond acceptors (Lipinski definition) is 4. The average Bonchev–Trinajstić information content (AvgIpc) is 2.55. The lowest BCUT2D eigenvalue weighted by Gasteiger charge is -2.11. The second kappa shape index (κ2) is 5.58. The van der Waals surface area contributed by atoms with Crippen molar-refractivity contribution in [3.05, 3.63) is 69.2 Å². The molecular weight excluding hydrogens is 300 g/mol. The summed E-state index contributed by atoms with van der Waals surface area (Å²) in [5, 5.41) is 14.5. The zero-order valence-electron chi connectivity index (χ0n) is 11.7. The zero-order valence-corrected chi connectivity index (χ0v) is 12.4. The summed E-state index contributed by atoms with van der Waals surface area (Å²) < 4.78 is 1.16. The molecule has 0 amide bonds. The highest BCUT2D eigenvalue weighted by Gasteiger charge is 2.23. The minimum absolute atomic E-state index is 0.171. The van der Waals surface area contributed by atoms with Gasteiger partial charge >= 0.3 is 0 Å². The first-order valence-electron chi connectivity index (χ1n) is 6.59. The first-order chi connectivity index (χ1) is 10.6. The standard InChI is InChI=1S/C16H11ClN4O/c1-21-16(22)15(12(17)9-19-21)11(8-18)14-7-6-10-4-2-3-5-13(10)20-14/h2-7,9,11H,1H3/t11-/m1/s1. The molecule has 6 heteroatoms. The van der Waals surface area contributed by atoms with E-state index >= 15 is 0 Å². The molecule has 0 aliphatic rings. The van der Waals surface area contributed by atoms with Crippen LogP contribution in [0.4, 0.5) is 0 Å². The monoisotopic (exact) mass is 310 g/mol. The third-order valence-electron chi connectivity index (χ3n) is 3.46. The maximum Gasteiger partial charge on any atom is 0.272 e. The van der Waals surface area contributed by atoms with Crippen LogP contribution in [0.2, 0.25) is 5.02 Å². The number of nitriles is 1. The molecule has 3 rings (SSSR count). The number of nitrogens with zero attached hydrogens (tertiary/aromatic N) is 4. The lowest BCUT2D eigenvalue weighted by molar-refractivity contribution is 0.690. The lowest BCUT2D eigenvalue weighted by atomic mass is 9.97. The Kier molecular flexibility index (Phi) is 3.61. The fourth-order valence-electron chi connectivity index (χ4n) is 2.32. The maximum atomic E-state index is 12.3. The van der Waals surface area contributed by atoms with E-state index in [0.717, 1.165) is 15.6 Å². The van der Waals surface area contributed by atoms with Gasteiger partial charge in [0.15, 0.2) is 0 Å². The molecule has 0 spiro atoms. The van der Waals surface area contributed by atoms with Crippen molar-refractivity contribution in [2.75, 3.05) is 0 Å². The number of aryl methyl sites for hydroxylation is 1. The Morgan fingerprint density at radius 2 is 2.05 bits per heavy atom. The summed E-state index contributed by atoms with van der Waals surface area (Å²) in [6.45, 7) is 0. The molecule has 0 saturated heterocycles. The fraction of sp³-hybridized carbons (Fsp3) is 0.125. The van der Waals surface area contributed by atoms with E-state index in [1.54, 1.807) is 6.07 Å². The summed E-state index contributed by atoms with van der Waals surface area (Å²) in [7, 11) is 1.52. The molecule has 0 unspecified atom stereocenters. The first-order valence-corrected chi connectivity index (χ1v) is 6.96. The predicted molar refractivity (Wildman–Crippen MR) is 83.7 cm³/mol. The van der Waals surface area contributed by atoms with Gasteiger partial charge in [-0.25, -0.2) is 4.68 Å². The number of aromatic nitrogens is 3. The van der Waals surface area contributed by atoms with Crippen LogP contribution in [0.5, 0.6) is 0 Å². The van der Waals surface area contributed by atoms with Crippen LogP contribution in [0.25, 0.3) is 10.9 Å². The van der Waals surface area contributed by atoms with Crippen LogP contribution in [0, 0.1) is 11.3 Å². The van der Waals surface area contributed by atoms with E-state index in [1.165, 1.54) is 13.2 Å². The van der Waals surface area contributed by atoms with E-state index in [9.17, 15) is 10.1 Å². The highest BCUT2D eigenvalue weighted by molar-refractivity contribution is 6.31. The molecule has 1 aromatic carbocycles. The van der Waals surface area contributed by atoms with Gasteiger partial charge in [-0.1, -0.05) is 35.9 Å². The molecule has 22 heavy (non-hydrogen) atoms. The van der Waals surface area contributed by atoms with Crippen molar-refractivity contribution in [2.24, 2.45) is 7.05 Å². The van der Waals surface area contributed by atoms with Crippen molar-refractivity contribution >= 4 is 22.5 Å². The molecule has 3 aromatic rings. The highest BCUT2D eigenvalue weighted by Crippen LogP contribution is 2.26.